The number of alkyl halides is 1. The number of hydrogen-bond donors (Lipinski definition) is 1. The van der Waals surface area contributed by atoms with Crippen LogP contribution in [0, 0.1) is 0 Å². The molecule has 0 atom stereocenters. The lowest BCUT2D eigenvalue weighted by Crippen LogP contribution is -2.04. The van der Waals surface area contributed by atoms with Crippen LogP contribution in [0.1, 0.15) is 0 Å². The predicted molar refractivity (Wildman–Crippen MR) is 53.0 cm³/mol. The highest BCUT2D eigenvalue weighted by molar-refractivity contribution is 7.98. The van der Waals surface area contributed by atoms with Gasteiger partial charge in [-0.05, 0) is 6.26 Å². The minimum atomic E-state index is 0.582. The molecule has 0 saturated carbocycles. The molecule has 1 aromatic heterocycles. The maximum atomic E-state index is 5.51. The van der Waals surface area contributed by atoms with E-state index < -0.39 is 0 Å². The van der Waals surface area contributed by atoms with E-state index in [1.54, 1.807) is 18.1 Å². The van der Waals surface area contributed by atoms with E-state index in [1.165, 1.54) is 0 Å². The van der Waals surface area contributed by atoms with Crippen molar-refractivity contribution in [2.45, 2.75) is 5.03 Å². The van der Waals surface area contributed by atoms with Gasteiger partial charge in [0.05, 0.1) is 0 Å². The van der Waals surface area contributed by atoms with E-state index in [9.17, 15) is 0 Å². The summed E-state index contributed by atoms with van der Waals surface area (Å²) in [6, 6.07) is 1.90. The van der Waals surface area contributed by atoms with E-state index >= 15 is 0 Å². The lowest BCUT2D eigenvalue weighted by Gasteiger charge is -2.02. The van der Waals surface area contributed by atoms with Gasteiger partial charge < -0.3 is 5.32 Å². The van der Waals surface area contributed by atoms with Crippen LogP contribution >= 0.6 is 23.4 Å². The van der Waals surface area contributed by atoms with Gasteiger partial charge in [0.1, 0.15) is 17.2 Å². The summed E-state index contributed by atoms with van der Waals surface area (Å²) < 4.78 is 0. The molecule has 0 fully saturated rings. The van der Waals surface area contributed by atoms with Crippen LogP contribution in [-0.2, 0) is 0 Å². The highest BCUT2D eigenvalue weighted by atomic mass is 35.5. The molecule has 0 unspecified atom stereocenters. The quantitative estimate of drug-likeness (QED) is 0.461. The maximum Gasteiger partial charge on any atom is 0.130 e. The van der Waals surface area contributed by atoms with Crippen molar-refractivity contribution in [3.63, 3.8) is 0 Å². The minimum Gasteiger partial charge on any atom is -0.369 e. The third-order valence-corrected chi connectivity index (χ3v) is 2.08. The average Bonchev–Trinajstić information content (AvgIpc) is 2.15. The Morgan fingerprint density at radius 1 is 1.58 bits per heavy atom. The van der Waals surface area contributed by atoms with Crippen LogP contribution in [0.25, 0.3) is 0 Å². The van der Waals surface area contributed by atoms with Crippen molar-refractivity contribution in [3.05, 3.63) is 12.4 Å². The van der Waals surface area contributed by atoms with Crippen LogP contribution in [-0.4, -0.2) is 28.6 Å². The molecule has 1 heterocycles. The molecule has 0 bridgehead atoms. The Kier molecular flexibility index (Phi) is 4.18. The number of hydrogen-bond acceptors (Lipinski definition) is 4. The van der Waals surface area contributed by atoms with Gasteiger partial charge >= 0.3 is 0 Å². The van der Waals surface area contributed by atoms with E-state index in [0.717, 1.165) is 17.4 Å². The fraction of sp³-hybridized carbons (Fsp3) is 0.429. The van der Waals surface area contributed by atoms with Crippen molar-refractivity contribution in [2.75, 3.05) is 24.0 Å². The summed E-state index contributed by atoms with van der Waals surface area (Å²) in [6.45, 7) is 0.729. The molecule has 1 aromatic rings. The zero-order valence-corrected chi connectivity index (χ0v) is 8.32. The molecule has 0 aliphatic carbocycles. The summed E-state index contributed by atoms with van der Waals surface area (Å²) in [4.78, 5) is 8.08. The normalized spacial score (nSPS) is 9.83. The van der Waals surface area contributed by atoms with Gasteiger partial charge in [0.15, 0.2) is 0 Å². The van der Waals surface area contributed by atoms with Gasteiger partial charge in [-0.1, -0.05) is 0 Å². The molecular weight excluding hydrogens is 194 g/mol. The second kappa shape index (κ2) is 5.22. The van der Waals surface area contributed by atoms with Crippen LogP contribution in [0.15, 0.2) is 17.4 Å². The maximum absolute atomic E-state index is 5.51. The lowest BCUT2D eigenvalue weighted by molar-refractivity contribution is 1.03. The molecule has 0 aliphatic rings. The first-order chi connectivity index (χ1) is 5.86. The van der Waals surface area contributed by atoms with Gasteiger partial charge in [-0.2, -0.15) is 0 Å². The number of anilines is 1. The van der Waals surface area contributed by atoms with Crippen LogP contribution in [0.2, 0.25) is 0 Å². The van der Waals surface area contributed by atoms with Crippen molar-refractivity contribution in [1.29, 1.82) is 0 Å². The first-order valence-electron chi connectivity index (χ1n) is 3.52. The predicted octanol–water partition coefficient (Wildman–Crippen LogP) is 1.85. The fourth-order valence-electron chi connectivity index (χ4n) is 0.723. The average molecular weight is 204 g/mol. The van der Waals surface area contributed by atoms with Gasteiger partial charge in [0.2, 0.25) is 0 Å². The largest absolute Gasteiger partial charge is 0.369 e. The Balaban J connectivity index is 2.60. The number of thioether (sulfide) groups is 1. The highest BCUT2D eigenvalue weighted by Gasteiger charge is 1.95. The van der Waals surface area contributed by atoms with Gasteiger partial charge in [0, 0.05) is 18.5 Å². The standard InChI is InChI=1S/C7H10ClN3S/c1-12-7-4-6(9-3-2-8)10-5-11-7/h4-5H,2-3H2,1H3,(H,9,10,11). The summed E-state index contributed by atoms with van der Waals surface area (Å²) in [6.07, 6.45) is 3.52. The van der Waals surface area contributed by atoms with E-state index in [2.05, 4.69) is 15.3 Å². The number of rotatable bonds is 4. The number of nitrogens with zero attached hydrogens (tertiary/aromatic N) is 2. The molecule has 1 rings (SSSR count). The van der Waals surface area contributed by atoms with Gasteiger partial charge in [0.25, 0.3) is 0 Å². The van der Waals surface area contributed by atoms with Crippen LogP contribution in [0.3, 0.4) is 0 Å². The van der Waals surface area contributed by atoms with E-state index in [-0.39, 0.29) is 0 Å². The Labute approximate surface area is 80.9 Å². The summed E-state index contributed by atoms with van der Waals surface area (Å²) in [5.41, 5.74) is 0. The van der Waals surface area contributed by atoms with Crippen molar-refractivity contribution < 1.29 is 0 Å². The summed E-state index contributed by atoms with van der Waals surface area (Å²) in [5, 5.41) is 4.03. The van der Waals surface area contributed by atoms with Crippen molar-refractivity contribution in [1.82, 2.24) is 9.97 Å². The molecule has 1 N–H and O–H groups in total. The van der Waals surface area contributed by atoms with Crippen LogP contribution < -0.4 is 5.32 Å². The molecule has 0 radical (unpaired) electrons. The zero-order valence-electron chi connectivity index (χ0n) is 6.75. The lowest BCUT2D eigenvalue weighted by atomic mass is 10.5. The fourth-order valence-corrected chi connectivity index (χ4v) is 1.20. The molecule has 3 nitrogen and oxygen atoms in total. The smallest absolute Gasteiger partial charge is 0.130 e. The number of halogens is 1. The van der Waals surface area contributed by atoms with Gasteiger partial charge in [-0.25, -0.2) is 9.97 Å². The Bertz CT molecular complexity index is 244. The molecule has 0 amide bonds. The molecule has 5 heteroatoms. The third kappa shape index (κ3) is 2.87. The molecule has 12 heavy (non-hydrogen) atoms. The Morgan fingerprint density at radius 2 is 2.42 bits per heavy atom. The van der Waals surface area contributed by atoms with E-state index in [1.807, 2.05) is 12.3 Å². The first kappa shape index (κ1) is 9.61. The molecule has 0 saturated heterocycles. The third-order valence-electron chi connectivity index (χ3n) is 1.25. The second-order valence-electron chi connectivity index (χ2n) is 2.06. The van der Waals surface area contributed by atoms with Crippen LogP contribution in [0.5, 0.6) is 0 Å². The van der Waals surface area contributed by atoms with Crippen molar-refractivity contribution in [3.8, 4) is 0 Å². The number of aromatic nitrogens is 2. The van der Waals surface area contributed by atoms with E-state index in [4.69, 9.17) is 11.6 Å². The summed E-state index contributed by atoms with van der Waals surface area (Å²) in [7, 11) is 0. The summed E-state index contributed by atoms with van der Waals surface area (Å²) in [5.74, 6) is 1.41. The van der Waals surface area contributed by atoms with Crippen molar-refractivity contribution >= 4 is 29.2 Å². The van der Waals surface area contributed by atoms with Crippen molar-refractivity contribution in [2.24, 2.45) is 0 Å². The molecule has 66 valence electrons. The summed E-state index contributed by atoms with van der Waals surface area (Å²) >= 11 is 7.11. The first-order valence-corrected chi connectivity index (χ1v) is 5.28. The SMILES string of the molecule is CSc1cc(NCCCl)ncn1. The Morgan fingerprint density at radius 3 is 3.08 bits per heavy atom. The van der Waals surface area contributed by atoms with Gasteiger partial charge in [-0.3, -0.25) is 0 Å². The topological polar surface area (TPSA) is 37.8 Å². The molecule has 0 aliphatic heterocycles. The molecule has 0 spiro atoms. The molecule has 0 aromatic carbocycles. The number of nitrogens with one attached hydrogen (secondary N) is 1. The highest BCUT2D eigenvalue weighted by Crippen LogP contribution is 2.13. The Hall–Kier alpha value is -0.480. The van der Waals surface area contributed by atoms with Crippen LogP contribution in [0.4, 0.5) is 5.82 Å². The second-order valence-corrected chi connectivity index (χ2v) is 3.27. The zero-order chi connectivity index (χ0) is 8.81. The monoisotopic (exact) mass is 203 g/mol. The minimum absolute atomic E-state index is 0.582. The molecular formula is C7H10ClN3S. The van der Waals surface area contributed by atoms with Gasteiger partial charge in [-0.15, -0.1) is 23.4 Å². The van der Waals surface area contributed by atoms with E-state index in [0.29, 0.717) is 5.88 Å².